The standard InChI is InChI=1S/C23H24N2O7/c1-3-31-22(29)19(20(26)24-13(2)21(27)28)25-23(30)32-12-18-16-10-6-4-8-14(16)15-9-5-7-11-17(15)18/h4-11,13,18-19H,3,12H2,1-2H3,(H,24,26)(H,25,30)(H,27,28)/t13-,19?/m1/s1. The normalized spacial score (nSPS) is 13.8. The number of benzene rings is 2. The lowest BCUT2D eigenvalue weighted by molar-refractivity contribution is -0.150. The molecular weight excluding hydrogens is 416 g/mol. The maximum Gasteiger partial charge on any atom is 0.408 e. The SMILES string of the molecule is CCOC(=O)C(NC(=O)OCC1c2ccccc2-c2ccccc21)C(=O)N[C@H](C)C(=O)O. The zero-order chi connectivity index (χ0) is 23.3. The first-order valence-corrected chi connectivity index (χ1v) is 10.1. The number of alkyl carbamates (subject to hydrolysis) is 1. The summed E-state index contributed by atoms with van der Waals surface area (Å²) in [5.74, 6) is -3.51. The highest BCUT2D eigenvalue weighted by Gasteiger charge is 2.33. The van der Waals surface area contributed by atoms with Gasteiger partial charge in [0.2, 0.25) is 6.04 Å². The summed E-state index contributed by atoms with van der Waals surface area (Å²) in [6.07, 6.45) is -0.997. The minimum atomic E-state index is -1.74. The third kappa shape index (κ3) is 4.88. The van der Waals surface area contributed by atoms with Gasteiger partial charge in [0, 0.05) is 5.92 Å². The van der Waals surface area contributed by atoms with Crippen molar-refractivity contribution in [3.8, 4) is 11.1 Å². The van der Waals surface area contributed by atoms with Gasteiger partial charge >= 0.3 is 18.0 Å². The number of carboxylic acids is 1. The molecule has 0 aromatic heterocycles. The van der Waals surface area contributed by atoms with Gasteiger partial charge in [0.15, 0.2) is 0 Å². The minimum absolute atomic E-state index is 0.0114. The summed E-state index contributed by atoms with van der Waals surface area (Å²) < 4.78 is 10.2. The summed E-state index contributed by atoms with van der Waals surface area (Å²) in [5.41, 5.74) is 4.14. The Hall–Kier alpha value is -3.88. The van der Waals surface area contributed by atoms with Crippen LogP contribution in [0.1, 0.15) is 30.9 Å². The van der Waals surface area contributed by atoms with Crippen LogP contribution >= 0.6 is 0 Å². The molecule has 9 heteroatoms. The van der Waals surface area contributed by atoms with Crippen molar-refractivity contribution in [2.45, 2.75) is 31.8 Å². The molecule has 1 unspecified atom stereocenters. The van der Waals surface area contributed by atoms with Crippen LogP contribution in [0.25, 0.3) is 11.1 Å². The highest BCUT2D eigenvalue weighted by atomic mass is 16.6. The summed E-state index contributed by atoms with van der Waals surface area (Å²) in [5, 5.41) is 13.3. The molecule has 168 valence electrons. The highest BCUT2D eigenvalue weighted by molar-refractivity contribution is 6.05. The fourth-order valence-corrected chi connectivity index (χ4v) is 3.57. The topological polar surface area (TPSA) is 131 Å². The molecule has 2 aromatic rings. The number of hydrogen-bond donors (Lipinski definition) is 3. The second-order valence-corrected chi connectivity index (χ2v) is 7.22. The number of carboxylic acid groups (broad SMARTS) is 1. The first-order valence-electron chi connectivity index (χ1n) is 10.1. The van der Waals surface area contributed by atoms with Crippen LogP contribution in [0.2, 0.25) is 0 Å². The average molecular weight is 440 g/mol. The Morgan fingerprint density at radius 2 is 1.50 bits per heavy atom. The van der Waals surface area contributed by atoms with Crippen molar-refractivity contribution < 1.29 is 33.8 Å². The molecule has 32 heavy (non-hydrogen) atoms. The molecule has 0 saturated heterocycles. The summed E-state index contributed by atoms with van der Waals surface area (Å²) in [6.45, 7) is 2.74. The Balaban J connectivity index is 1.69. The molecule has 0 bridgehead atoms. The molecule has 2 aromatic carbocycles. The van der Waals surface area contributed by atoms with Crippen molar-refractivity contribution in [2.24, 2.45) is 0 Å². The number of hydrogen-bond acceptors (Lipinski definition) is 6. The fourth-order valence-electron chi connectivity index (χ4n) is 3.57. The van der Waals surface area contributed by atoms with Gasteiger partial charge in [-0.25, -0.2) is 9.59 Å². The molecule has 3 N–H and O–H groups in total. The van der Waals surface area contributed by atoms with E-state index >= 15 is 0 Å². The second-order valence-electron chi connectivity index (χ2n) is 7.22. The van der Waals surface area contributed by atoms with Gasteiger partial charge in [0.05, 0.1) is 6.61 Å². The van der Waals surface area contributed by atoms with E-state index < -0.39 is 36.0 Å². The molecule has 9 nitrogen and oxygen atoms in total. The number of aliphatic carboxylic acids is 1. The highest BCUT2D eigenvalue weighted by Crippen LogP contribution is 2.44. The maximum absolute atomic E-state index is 12.4. The Labute approximate surface area is 184 Å². The van der Waals surface area contributed by atoms with Crippen LogP contribution in [0.4, 0.5) is 4.79 Å². The van der Waals surface area contributed by atoms with Crippen LogP contribution in [0, 0.1) is 0 Å². The molecule has 2 atom stereocenters. The van der Waals surface area contributed by atoms with E-state index in [-0.39, 0.29) is 19.1 Å². The molecule has 0 spiro atoms. The van der Waals surface area contributed by atoms with Gasteiger partial charge in [-0.15, -0.1) is 0 Å². The van der Waals surface area contributed by atoms with E-state index in [0.717, 1.165) is 22.3 Å². The summed E-state index contributed by atoms with van der Waals surface area (Å²) in [6, 6.07) is 12.6. The predicted molar refractivity (Wildman–Crippen MR) is 114 cm³/mol. The van der Waals surface area contributed by atoms with Gasteiger partial charge in [0.25, 0.3) is 5.91 Å². The van der Waals surface area contributed by atoms with Crippen molar-refractivity contribution >= 4 is 23.9 Å². The largest absolute Gasteiger partial charge is 0.480 e. The Bertz CT molecular complexity index is 991. The van der Waals surface area contributed by atoms with Gasteiger partial charge in [-0.05, 0) is 36.1 Å². The van der Waals surface area contributed by atoms with Crippen molar-refractivity contribution in [3.63, 3.8) is 0 Å². The minimum Gasteiger partial charge on any atom is -0.480 e. The molecule has 1 aliphatic carbocycles. The molecule has 0 heterocycles. The van der Waals surface area contributed by atoms with Crippen LogP contribution < -0.4 is 10.6 Å². The second kappa shape index (κ2) is 9.95. The summed E-state index contributed by atoms with van der Waals surface area (Å²) >= 11 is 0. The Morgan fingerprint density at radius 1 is 0.938 bits per heavy atom. The van der Waals surface area contributed by atoms with E-state index in [2.05, 4.69) is 10.6 Å². The van der Waals surface area contributed by atoms with Gasteiger partial charge in [0.1, 0.15) is 12.6 Å². The number of nitrogens with one attached hydrogen (secondary N) is 2. The molecule has 0 saturated carbocycles. The van der Waals surface area contributed by atoms with Crippen LogP contribution in [0.3, 0.4) is 0 Å². The van der Waals surface area contributed by atoms with Gasteiger partial charge in [-0.2, -0.15) is 0 Å². The molecule has 1 aliphatic rings. The van der Waals surface area contributed by atoms with Crippen molar-refractivity contribution in [1.82, 2.24) is 10.6 Å². The average Bonchev–Trinajstić information content (AvgIpc) is 3.09. The van der Waals surface area contributed by atoms with Gasteiger partial charge in [-0.1, -0.05) is 48.5 Å². The number of amides is 2. The number of rotatable bonds is 8. The van der Waals surface area contributed by atoms with Gasteiger partial charge in [-0.3, -0.25) is 14.9 Å². The quantitative estimate of drug-likeness (QED) is 0.423. The van der Waals surface area contributed by atoms with Crippen LogP contribution in [-0.2, 0) is 23.9 Å². The number of esters is 1. The fraction of sp³-hybridized carbons (Fsp3) is 0.304. The Morgan fingerprint density at radius 3 is 2.03 bits per heavy atom. The van der Waals surface area contributed by atoms with Crippen LogP contribution in [-0.4, -0.2) is 54.3 Å². The van der Waals surface area contributed by atoms with Crippen LogP contribution in [0.15, 0.2) is 48.5 Å². The van der Waals surface area contributed by atoms with E-state index in [1.807, 2.05) is 48.5 Å². The number of carbonyl (C=O) groups excluding carboxylic acids is 3. The van der Waals surface area contributed by atoms with E-state index in [9.17, 15) is 19.2 Å². The van der Waals surface area contributed by atoms with E-state index in [1.165, 1.54) is 6.92 Å². The van der Waals surface area contributed by atoms with Crippen molar-refractivity contribution in [3.05, 3.63) is 59.7 Å². The predicted octanol–water partition coefficient (Wildman–Crippen LogP) is 2.05. The lowest BCUT2D eigenvalue weighted by Gasteiger charge is -2.19. The van der Waals surface area contributed by atoms with Gasteiger partial charge < -0.3 is 19.9 Å². The van der Waals surface area contributed by atoms with E-state index in [4.69, 9.17) is 14.6 Å². The zero-order valence-electron chi connectivity index (χ0n) is 17.7. The zero-order valence-corrected chi connectivity index (χ0v) is 17.7. The Kier molecular flexibility index (Phi) is 7.09. The van der Waals surface area contributed by atoms with E-state index in [0.29, 0.717) is 0 Å². The summed E-state index contributed by atoms with van der Waals surface area (Å²) in [4.78, 5) is 47.9. The number of ether oxygens (including phenoxy) is 2. The lowest BCUT2D eigenvalue weighted by Crippen LogP contribution is -2.55. The van der Waals surface area contributed by atoms with Crippen molar-refractivity contribution in [1.29, 1.82) is 0 Å². The smallest absolute Gasteiger partial charge is 0.408 e. The van der Waals surface area contributed by atoms with Crippen LogP contribution in [0.5, 0.6) is 0 Å². The lowest BCUT2D eigenvalue weighted by atomic mass is 9.98. The summed E-state index contributed by atoms with van der Waals surface area (Å²) in [7, 11) is 0. The monoisotopic (exact) mass is 440 g/mol. The molecule has 3 rings (SSSR count). The maximum atomic E-state index is 12.4. The number of fused-ring (bicyclic) bond motifs is 3. The first kappa shape index (κ1) is 22.8. The molecular formula is C23H24N2O7. The molecule has 0 aliphatic heterocycles. The molecule has 0 fully saturated rings. The third-order valence-corrected chi connectivity index (χ3v) is 5.12. The van der Waals surface area contributed by atoms with E-state index in [1.54, 1.807) is 6.92 Å². The number of carbonyl (C=O) groups is 4. The molecule has 2 amide bonds. The first-order chi connectivity index (χ1) is 15.3. The van der Waals surface area contributed by atoms with Crippen molar-refractivity contribution in [2.75, 3.05) is 13.2 Å². The third-order valence-electron chi connectivity index (χ3n) is 5.12. The molecule has 0 radical (unpaired) electrons.